The molecule has 0 atom stereocenters. The third-order valence-corrected chi connectivity index (χ3v) is 4.73. The first-order valence-electron chi connectivity index (χ1n) is 6.24. The largest absolute Gasteiger partial charge is 0.455 e. The number of aryl methyl sites for hydroxylation is 1. The van der Waals surface area contributed by atoms with Gasteiger partial charge in [-0.3, -0.25) is 4.79 Å². The summed E-state index contributed by atoms with van der Waals surface area (Å²) in [6.07, 6.45) is 5.30. The molecule has 1 heterocycles. The van der Waals surface area contributed by atoms with Crippen LogP contribution < -0.4 is 5.32 Å². The highest BCUT2D eigenvalue weighted by Gasteiger charge is 2.24. The van der Waals surface area contributed by atoms with Crippen molar-refractivity contribution < 1.29 is 17.6 Å². The van der Waals surface area contributed by atoms with E-state index < -0.39 is 9.05 Å². The van der Waals surface area contributed by atoms with E-state index in [1.807, 2.05) is 0 Å². The van der Waals surface area contributed by atoms with E-state index in [1.54, 1.807) is 0 Å². The van der Waals surface area contributed by atoms with Gasteiger partial charge in [0.1, 0.15) is 10.7 Å². The molecule has 1 aliphatic carbocycles. The molecule has 1 aliphatic rings. The highest BCUT2D eigenvalue weighted by atomic mass is 35.7. The number of amides is 1. The quantitative estimate of drug-likeness (QED) is 0.871. The van der Waals surface area contributed by atoms with Crippen LogP contribution >= 0.6 is 10.7 Å². The number of hydrogen-bond acceptors (Lipinski definition) is 4. The van der Waals surface area contributed by atoms with Crippen molar-refractivity contribution in [2.45, 2.75) is 50.0 Å². The highest BCUT2D eigenvalue weighted by Crippen LogP contribution is 2.24. The fourth-order valence-corrected chi connectivity index (χ4v) is 3.42. The van der Waals surface area contributed by atoms with Gasteiger partial charge in [-0.25, -0.2) is 8.42 Å². The Bertz CT molecular complexity index is 573. The average Bonchev–Trinajstić information content (AvgIpc) is 2.72. The van der Waals surface area contributed by atoms with Crippen LogP contribution in [0.2, 0.25) is 0 Å². The van der Waals surface area contributed by atoms with Gasteiger partial charge >= 0.3 is 0 Å². The summed E-state index contributed by atoms with van der Waals surface area (Å²) < 4.78 is 27.7. The van der Waals surface area contributed by atoms with E-state index in [0.717, 1.165) is 25.7 Å². The van der Waals surface area contributed by atoms with E-state index in [0.29, 0.717) is 0 Å². The van der Waals surface area contributed by atoms with Crippen LogP contribution in [0.25, 0.3) is 0 Å². The van der Waals surface area contributed by atoms with Crippen LogP contribution in [-0.2, 0) is 9.05 Å². The number of carbonyl (C=O) groups is 1. The Balaban J connectivity index is 2.11. The first-order valence-corrected chi connectivity index (χ1v) is 8.55. The van der Waals surface area contributed by atoms with Crippen LogP contribution in [0.4, 0.5) is 0 Å². The topological polar surface area (TPSA) is 76.4 Å². The second-order valence-corrected chi connectivity index (χ2v) is 7.31. The standard InChI is InChI=1S/C12H16ClNO4S/c1-8-11(19(13,16)17)7-10(18-8)12(15)14-9-5-3-2-4-6-9/h7,9H,2-6H2,1H3,(H,14,15). The molecule has 1 amide bonds. The third kappa shape index (κ3) is 3.51. The maximum absolute atomic E-state index is 12.0. The van der Waals surface area contributed by atoms with Gasteiger partial charge in [0.25, 0.3) is 15.0 Å². The summed E-state index contributed by atoms with van der Waals surface area (Å²) in [5, 5.41) is 2.86. The number of hydrogen-bond donors (Lipinski definition) is 1. The molecule has 0 radical (unpaired) electrons. The van der Waals surface area contributed by atoms with Gasteiger partial charge in [-0.15, -0.1) is 0 Å². The normalized spacial score (nSPS) is 17.4. The minimum Gasteiger partial charge on any atom is -0.455 e. The van der Waals surface area contributed by atoms with Crippen LogP contribution in [0.3, 0.4) is 0 Å². The summed E-state index contributed by atoms with van der Waals surface area (Å²) in [7, 11) is 1.37. The van der Waals surface area contributed by atoms with Crippen LogP contribution in [-0.4, -0.2) is 20.4 Å². The van der Waals surface area contributed by atoms with Gasteiger partial charge in [0, 0.05) is 22.8 Å². The molecular formula is C12H16ClNO4S. The molecule has 0 bridgehead atoms. The van der Waals surface area contributed by atoms with Crippen LogP contribution in [0.1, 0.15) is 48.4 Å². The lowest BCUT2D eigenvalue weighted by Crippen LogP contribution is -2.35. The van der Waals surface area contributed by atoms with Crippen molar-refractivity contribution in [1.82, 2.24) is 5.32 Å². The molecule has 0 spiro atoms. The summed E-state index contributed by atoms with van der Waals surface area (Å²) in [5.74, 6) is -0.271. The zero-order valence-corrected chi connectivity index (χ0v) is 12.2. The van der Waals surface area contributed by atoms with Crippen molar-refractivity contribution in [2.75, 3.05) is 0 Å². The van der Waals surface area contributed by atoms with Gasteiger partial charge < -0.3 is 9.73 Å². The number of nitrogens with one attached hydrogen (secondary N) is 1. The first-order chi connectivity index (χ1) is 8.88. The molecule has 0 aliphatic heterocycles. The lowest BCUT2D eigenvalue weighted by Gasteiger charge is -2.22. The summed E-state index contributed by atoms with van der Waals surface area (Å²) >= 11 is 0. The lowest BCUT2D eigenvalue weighted by molar-refractivity contribution is 0.0898. The van der Waals surface area contributed by atoms with E-state index in [1.165, 1.54) is 19.4 Å². The second-order valence-electron chi connectivity index (χ2n) is 4.78. The number of carbonyl (C=O) groups excluding carboxylic acids is 1. The molecule has 1 aromatic heterocycles. The van der Waals surface area contributed by atoms with Crippen LogP contribution in [0.5, 0.6) is 0 Å². The van der Waals surface area contributed by atoms with E-state index in [2.05, 4.69) is 5.32 Å². The maximum atomic E-state index is 12.0. The molecule has 1 saturated carbocycles. The van der Waals surface area contributed by atoms with Crippen molar-refractivity contribution in [3.05, 3.63) is 17.6 Å². The third-order valence-electron chi connectivity index (χ3n) is 3.30. The molecule has 7 heteroatoms. The van der Waals surface area contributed by atoms with Crippen molar-refractivity contribution in [1.29, 1.82) is 0 Å². The number of halogens is 1. The van der Waals surface area contributed by atoms with E-state index in [9.17, 15) is 13.2 Å². The van der Waals surface area contributed by atoms with Gasteiger partial charge in [0.05, 0.1) is 0 Å². The molecule has 0 saturated heterocycles. The van der Waals surface area contributed by atoms with E-state index >= 15 is 0 Å². The van der Waals surface area contributed by atoms with Crippen molar-refractivity contribution in [3.8, 4) is 0 Å². The predicted molar refractivity (Wildman–Crippen MR) is 70.8 cm³/mol. The molecule has 1 N–H and O–H groups in total. The molecule has 0 unspecified atom stereocenters. The predicted octanol–water partition coefficient (Wildman–Crippen LogP) is 2.58. The Labute approximate surface area is 116 Å². The molecule has 0 aromatic carbocycles. The zero-order chi connectivity index (χ0) is 14.0. The molecule has 5 nitrogen and oxygen atoms in total. The van der Waals surface area contributed by atoms with Crippen molar-refractivity contribution in [2.24, 2.45) is 0 Å². The molecule has 1 fully saturated rings. The Hall–Kier alpha value is -1.01. The molecule has 106 valence electrons. The maximum Gasteiger partial charge on any atom is 0.287 e. The fourth-order valence-electron chi connectivity index (χ4n) is 2.32. The molecule has 1 aromatic rings. The molecule has 2 rings (SSSR count). The summed E-state index contributed by atoms with van der Waals surface area (Å²) in [4.78, 5) is 11.8. The van der Waals surface area contributed by atoms with Crippen LogP contribution in [0, 0.1) is 6.92 Å². The van der Waals surface area contributed by atoms with Gasteiger partial charge in [0.15, 0.2) is 5.76 Å². The SMILES string of the molecule is Cc1oc(C(=O)NC2CCCCC2)cc1S(=O)(=O)Cl. The Morgan fingerprint density at radius 1 is 1.37 bits per heavy atom. The van der Waals surface area contributed by atoms with E-state index in [-0.39, 0.29) is 28.4 Å². The number of rotatable bonds is 3. The Morgan fingerprint density at radius 3 is 2.53 bits per heavy atom. The summed E-state index contributed by atoms with van der Waals surface area (Å²) in [6.45, 7) is 1.46. The van der Waals surface area contributed by atoms with Crippen LogP contribution in [0.15, 0.2) is 15.4 Å². The monoisotopic (exact) mass is 305 g/mol. The second kappa shape index (κ2) is 5.54. The minimum atomic E-state index is -3.88. The van der Waals surface area contributed by atoms with Crippen molar-refractivity contribution >= 4 is 25.6 Å². The zero-order valence-electron chi connectivity index (χ0n) is 10.6. The van der Waals surface area contributed by atoms with Gasteiger partial charge in [-0.1, -0.05) is 19.3 Å². The Morgan fingerprint density at radius 2 is 2.00 bits per heavy atom. The lowest BCUT2D eigenvalue weighted by atomic mass is 9.95. The van der Waals surface area contributed by atoms with Gasteiger partial charge in [0.2, 0.25) is 0 Å². The minimum absolute atomic E-state index is 0.0118. The summed E-state index contributed by atoms with van der Waals surface area (Å²) in [5.41, 5.74) is 0. The Kier molecular flexibility index (Phi) is 4.20. The highest BCUT2D eigenvalue weighted by molar-refractivity contribution is 8.13. The average molecular weight is 306 g/mol. The number of furan rings is 1. The first kappa shape index (κ1) is 14.4. The van der Waals surface area contributed by atoms with Gasteiger partial charge in [-0.2, -0.15) is 0 Å². The van der Waals surface area contributed by atoms with Crippen molar-refractivity contribution in [3.63, 3.8) is 0 Å². The molecular weight excluding hydrogens is 290 g/mol. The van der Waals surface area contributed by atoms with E-state index in [4.69, 9.17) is 15.1 Å². The smallest absolute Gasteiger partial charge is 0.287 e. The summed E-state index contributed by atoms with van der Waals surface area (Å²) in [6, 6.07) is 1.32. The molecule has 19 heavy (non-hydrogen) atoms. The van der Waals surface area contributed by atoms with Gasteiger partial charge in [-0.05, 0) is 19.8 Å². The fraction of sp³-hybridized carbons (Fsp3) is 0.583.